The maximum absolute atomic E-state index is 11.1. The van der Waals surface area contributed by atoms with E-state index in [-0.39, 0.29) is 17.9 Å². The fourth-order valence-corrected chi connectivity index (χ4v) is 1.37. The van der Waals surface area contributed by atoms with Crippen LogP contribution in [0.5, 0.6) is 0 Å². The number of nitro groups is 1. The molecule has 0 fully saturated rings. The van der Waals surface area contributed by atoms with Crippen LogP contribution in [0.15, 0.2) is 24.3 Å². The third-order valence-electron chi connectivity index (χ3n) is 2.17. The summed E-state index contributed by atoms with van der Waals surface area (Å²) >= 11 is 0. The second-order valence-corrected chi connectivity index (χ2v) is 3.39. The Bertz CT molecular complexity index is 481. The highest BCUT2D eigenvalue weighted by atomic mass is 16.6. The largest absolute Gasteiger partial charge is 0.463 e. The van der Waals surface area contributed by atoms with Crippen molar-refractivity contribution in [1.82, 2.24) is 0 Å². The van der Waals surface area contributed by atoms with Gasteiger partial charge in [-0.15, -0.1) is 0 Å². The number of aliphatic hydroxyl groups is 1. The van der Waals surface area contributed by atoms with E-state index in [0.717, 1.165) is 0 Å². The molecule has 0 aromatic heterocycles. The van der Waals surface area contributed by atoms with Gasteiger partial charge in [-0.2, -0.15) is 0 Å². The number of hydrogen-bond donors (Lipinski definition) is 1. The van der Waals surface area contributed by atoms with E-state index in [0.29, 0.717) is 5.56 Å². The van der Waals surface area contributed by atoms with Crippen LogP contribution in [-0.4, -0.2) is 22.6 Å². The SMILES string of the molecule is CCOC(=O)C=Cc1ccc([N+](=O)[O-])c(CO)c1. The van der Waals surface area contributed by atoms with Crippen LogP contribution in [0.3, 0.4) is 0 Å². The minimum atomic E-state index is -0.565. The zero-order valence-electron chi connectivity index (χ0n) is 9.83. The highest BCUT2D eigenvalue weighted by Gasteiger charge is 2.12. The Morgan fingerprint density at radius 2 is 2.28 bits per heavy atom. The normalized spacial score (nSPS) is 10.6. The lowest BCUT2D eigenvalue weighted by molar-refractivity contribution is -0.385. The summed E-state index contributed by atoms with van der Waals surface area (Å²) in [6.45, 7) is 1.55. The molecule has 6 nitrogen and oxygen atoms in total. The summed E-state index contributed by atoms with van der Waals surface area (Å²) in [5.74, 6) is -0.485. The van der Waals surface area contributed by atoms with Gasteiger partial charge in [0.2, 0.25) is 0 Å². The third-order valence-corrected chi connectivity index (χ3v) is 2.17. The molecule has 0 radical (unpaired) electrons. The van der Waals surface area contributed by atoms with Crippen LogP contribution in [-0.2, 0) is 16.1 Å². The number of benzene rings is 1. The molecule has 0 saturated carbocycles. The van der Waals surface area contributed by atoms with E-state index >= 15 is 0 Å². The summed E-state index contributed by atoms with van der Waals surface area (Å²) in [5, 5.41) is 19.7. The first-order valence-electron chi connectivity index (χ1n) is 5.31. The predicted molar refractivity (Wildman–Crippen MR) is 64.7 cm³/mol. The maximum Gasteiger partial charge on any atom is 0.330 e. The van der Waals surface area contributed by atoms with Crippen LogP contribution in [0.4, 0.5) is 5.69 Å². The molecule has 0 saturated heterocycles. The van der Waals surface area contributed by atoms with Gasteiger partial charge in [0.05, 0.1) is 23.7 Å². The number of carbonyl (C=O) groups is 1. The highest BCUT2D eigenvalue weighted by Crippen LogP contribution is 2.20. The Labute approximate surface area is 104 Å². The Balaban J connectivity index is 2.92. The van der Waals surface area contributed by atoms with Gasteiger partial charge in [0, 0.05) is 12.1 Å². The van der Waals surface area contributed by atoms with Gasteiger partial charge >= 0.3 is 5.97 Å². The molecule has 1 rings (SSSR count). The fourth-order valence-electron chi connectivity index (χ4n) is 1.37. The molecular formula is C12H13NO5. The average molecular weight is 251 g/mol. The van der Waals surface area contributed by atoms with Gasteiger partial charge in [0.1, 0.15) is 0 Å². The van der Waals surface area contributed by atoms with Crippen molar-refractivity contribution in [2.45, 2.75) is 13.5 Å². The van der Waals surface area contributed by atoms with E-state index in [1.165, 1.54) is 30.4 Å². The van der Waals surface area contributed by atoms with E-state index in [2.05, 4.69) is 0 Å². The van der Waals surface area contributed by atoms with E-state index in [1.54, 1.807) is 6.92 Å². The number of aliphatic hydroxyl groups excluding tert-OH is 1. The van der Waals surface area contributed by atoms with Crippen molar-refractivity contribution in [3.63, 3.8) is 0 Å². The van der Waals surface area contributed by atoms with E-state index in [1.807, 2.05) is 0 Å². The van der Waals surface area contributed by atoms with Crippen LogP contribution < -0.4 is 0 Å². The Hall–Kier alpha value is -2.21. The van der Waals surface area contributed by atoms with Crippen LogP contribution in [0, 0.1) is 10.1 Å². The number of esters is 1. The van der Waals surface area contributed by atoms with Gasteiger partial charge in [-0.3, -0.25) is 10.1 Å². The number of carbonyl (C=O) groups excluding carboxylic acids is 1. The monoisotopic (exact) mass is 251 g/mol. The molecule has 0 aliphatic heterocycles. The lowest BCUT2D eigenvalue weighted by Crippen LogP contribution is -1.99. The van der Waals surface area contributed by atoms with Crippen LogP contribution in [0.2, 0.25) is 0 Å². The van der Waals surface area contributed by atoms with E-state index in [9.17, 15) is 14.9 Å². The van der Waals surface area contributed by atoms with E-state index in [4.69, 9.17) is 9.84 Å². The van der Waals surface area contributed by atoms with Crippen LogP contribution >= 0.6 is 0 Å². The zero-order valence-corrected chi connectivity index (χ0v) is 9.83. The predicted octanol–water partition coefficient (Wildman–Crippen LogP) is 1.66. The first kappa shape index (κ1) is 13.9. The molecule has 0 bridgehead atoms. The van der Waals surface area contributed by atoms with Crippen molar-refractivity contribution in [3.05, 3.63) is 45.5 Å². The zero-order chi connectivity index (χ0) is 13.5. The quantitative estimate of drug-likeness (QED) is 0.372. The summed E-state index contributed by atoms with van der Waals surface area (Å²) < 4.78 is 4.70. The first-order valence-corrected chi connectivity index (χ1v) is 5.31. The smallest absolute Gasteiger partial charge is 0.330 e. The Kier molecular flexibility index (Phi) is 5.01. The molecule has 0 aliphatic rings. The standard InChI is InChI=1S/C12H13NO5/c1-2-18-12(15)6-4-9-3-5-11(13(16)17)10(7-9)8-14/h3-7,14H,2,8H2,1H3. The third kappa shape index (κ3) is 3.67. The van der Waals surface area contributed by atoms with E-state index < -0.39 is 17.5 Å². The summed E-state index contributed by atoms with van der Waals surface area (Å²) in [5.41, 5.74) is 0.634. The summed E-state index contributed by atoms with van der Waals surface area (Å²) in [4.78, 5) is 21.2. The van der Waals surface area contributed by atoms with Gasteiger partial charge < -0.3 is 9.84 Å². The molecule has 1 aromatic carbocycles. The molecule has 1 N–H and O–H groups in total. The number of ether oxygens (including phenoxy) is 1. The Morgan fingerprint density at radius 1 is 1.56 bits per heavy atom. The summed E-state index contributed by atoms with van der Waals surface area (Å²) in [6.07, 6.45) is 2.70. The molecule has 0 aliphatic carbocycles. The molecule has 1 aromatic rings. The van der Waals surface area contributed by atoms with Gasteiger partial charge in [-0.25, -0.2) is 4.79 Å². The highest BCUT2D eigenvalue weighted by molar-refractivity contribution is 5.87. The minimum absolute atomic E-state index is 0.147. The molecule has 96 valence electrons. The number of nitrogens with zero attached hydrogens (tertiary/aromatic N) is 1. The molecule has 18 heavy (non-hydrogen) atoms. The molecule has 0 spiro atoms. The molecule has 0 heterocycles. The number of rotatable bonds is 5. The fraction of sp³-hybridized carbons (Fsp3) is 0.250. The van der Waals surface area contributed by atoms with Gasteiger partial charge in [-0.1, -0.05) is 0 Å². The lowest BCUT2D eigenvalue weighted by Gasteiger charge is -2.01. The molecule has 6 heteroatoms. The van der Waals surface area contributed by atoms with Crippen LogP contribution in [0.25, 0.3) is 6.08 Å². The molecular weight excluding hydrogens is 238 g/mol. The van der Waals surface area contributed by atoms with Crippen molar-refractivity contribution in [2.24, 2.45) is 0 Å². The molecule has 0 unspecified atom stereocenters. The maximum atomic E-state index is 11.1. The van der Waals surface area contributed by atoms with Crippen molar-refractivity contribution in [1.29, 1.82) is 0 Å². The first-order chi connectivity index (χ1) is 8.58. The second-order valence-electron chi connectivity index (χ2n) is 3.39. The minimum Gasteiger partial charge on any atom is -0.463 e. The lowest BCUT2D eigenvalue weighted by atomic mass is 10.1. The topological polar surface area (TPSA) is 89.7 Å². The van der Waals surface area contributed by atoms with Crippen molar-refractivity contribution in [2.75, 3.05) is 6.61 Å². The van der Waals surface area contributed by atoms with Gasteiger partial charge in [-0.05, 0) is 30.7 Å². The number of nitro benzene ring substituents is 1. The van der Waals surface area contributed by atoms with Crippen LogP contribution in [0.1, 0.15) is 18.1 Å². The summed E-state index contributed by atoms with van der Waals surface area (Å²) in [6, 6.07) is 4.23. The van der Waals surface area contributed by atoms with Gasteiger partial charge in [0.15, 0.2) is 0 Å². The van der Waals surface area contributed by atoms with Crippen molar-refractivity contribution in [3.8, 4) is 0 Å². The Morgan fingerprint density at radius 3 is 2.83 bits per heavy atom. The second kappa shape index (κ2) is 6.51. The van der Waals surface area contributed by atoms with Crippen molar-refractivity contribution < 1.29 is 19.6 Å². The van der Waals surface area contributed by atoms with Crippen molar-refractivity contribution >= 4 is 17.7 Å². The molecule has 0 atom stereocenters. The summed E-state index contributed by atoms with van der Waals surface area (Å²) in [7, 11) is 0. The average Bonchev–Trinajstić information content (AvgIpc) is 2.36. The molecule has 0 amide bonds. The number of hydrogen-bond acceptors (Lipinski definition) is 5. The van der Waals surface area contributed by atoms with Gasteiger partial charge in [0.25, 0.3) is 5.69 Å².